The van der Waals surface area contributed by atoms with E-state index in [1.165, 1.54) is 4.88 Å². The highest BCUT2D eigenvalue weighted by Crippen LogP contribution is 2.35. The highest BCUT2D eigenvalue weighted by atomic mass is 32.1. The minimum Gasteiger partial charge on any atom is -0.454 e. The van der Waals surface area contributed by atoms with Gasteiger partial charge in [-0.05, 0) is 19.9 Å². The van der Waals surface area contributed by atoms with Gasteiger partial charge in [-0.25, -0.2) is 4.98 Å². The minimum atomic E-state index is 0.283. The maximum absolute atomic E-state index is 5.50. The van der Waals surface area contributed by atoms with Gasteiger partial charge in [0.2, 0.25) is 6.79 Å². The minimum absolute atomic E-state index is 0.283. The first kappa shape index (κ1) is 12.4. The van der Waals surface area contributed by atoms with Crippen LogP contribution in [0.1, 0.15) is 29.1 Å². The van der Waals surface area contributed by atoms with Crippen LogP contribution in [-0.2, 0) is 6.54 Å². The molecule has 2 aromatic rings. The molecular weight excluding hydrogens is 260 g/mol. The molecule has 0 saturated heterocycles. The molecule has 0 radical (unpaired) electrons. The zero-order chi connectivity index (χ0) is 13.2. The summed E-state index contributed by atoms with van der Waals surface area (Å²) in [6, 6.07) is 6.27. The van der Waals surface area contributed by atoms with Crippen molar-refractivity contribution in [1.29, 1.82) is 0 Å². The monoisotopic (exact) mass is 276 g/mol. The number of aromatic nitrogens is 1. The van der Waals surface area contributed by atoms with Crippen molar-refractivity contribution >= 4 is 11.3 Å². The molecule has 0 fully saturated rings. The summed E-state index contributed by atoms with van der Waals surface area (Å²) in [6.07, 6.45) is 0. The number of rotatable bonds is 4. The van der Waals surface area contributed by atoms with Gasteiger partial charge in [0, 0.05) is 23.0 Å². The molecule has 0 bridgehead atoms. The second-order valence-corrected chi connectivity index (χ2v) is 5.44. The first-order valence-electron chi connectivity index (χ1n) is 6.26. The lowest BCUT2D eigenvalue weighted by Crippen LogP contribution is -2.18. The van der Waals surface area contributed by atoms with E-state index in [4.69, 9.17) is 9.47 Å². The van der Waals surface area contributed by atoms with Crippen LogP contribution in [0.3, 0.4) is 0 Å². The molecule has 1 aliphatic heterocycles. The summed E-state index contributed by atoms with van der Waals surface area (Å²) in [5.41, 5.74) is 4.12. The zero-order valence-corrected chi connectivity index (χ0v) is 11.8. The Morgan fingerprint density at radius 2 is 2.32 bits per heavy atom. The third kappa shape index (κ3) is 2.43. The van der Waals surface area contributed by atoms with Gasteiger partial charge >= 0.3 is 0 Å². The average molecular weight is 276 g/mol. The highest BCUT2D eigenvalue weighted by Gasteiger charge is 2.18. The fourth-order valence-electron chi connectivity index (χ4n) is 2.21. The summed E-state index contributed by atoms with van der Waals surface area (Å²) >= 11 is 1.69. The number of benzene rings is 1. The molecule has 100 valence electrons. The van der Waals surface area contributed by atoms with Gasteiger partial charge in [-0.15, -0.1) is 11.3 Å². The summed E-state index contributed by atoms with van der Waals surface area (Å²) < 4.78 is 10.9. The molecule has 19 heavy (non-hydrogen) atoms. The molecule has 1 aliphatic rings. The predicted molar refractivity (Wildman–Crippen MR) is 74.7 cm³/mol. The first-order chi connectivity index (χ1) is 9.25. The number of thiazole rings is 1. The Bertz CT molecular complexity index is 583. The average Bonchev–Trinajstić information content (AvgIpc) is 3.04. The number of fused-ring (bicyclic) bond motifs is 1. The van der Waals surface area contributed by atoms with Crippen molar-refractivity contribution < 1.29 is 9.47 Å². The summed E-state index contributed by atoms with van der Waals surface area (Å²) in [5.74, 6) is 1.70. The van der Waals surface area contributed by atoms with E-state index in [-0.39, 0.29) is 6.04 Å². The number of para-hydroxylation sites is 1. The topological polar surface area (TPSA) is 43.4 Å². The van der Waals surface area contributed by atoms with E-state index < -0.39 is 0 Å². The molecular formula is C14H16N2O2S. The molecule has 0 saturated carbocycles. The van der Waals surface area contributed by atoms with Crippen LogP contribution < -0.4 is 14.8 Å². The van der Waals surface area contributed by atoms with Gasteiger partial charge in [0.25, 0.3) is 0 Å². The van der Waals surface area contributed by atoms with E-state index in [9.17, 15) is 0 Å². The third-order valence-electron chi connectivity index (χ3n) is 3.25. The molecule has 2 heterocycles. The van der Waals surface area contributed by atoms with Gasteiger partial charge in [-0.2, -0.15) is 0 Å². The molecule has 1 unspecified atom stereocenters. The summed E-state index contributed by atoms with van der Waals surface area (Å²) in [4.78, 5) is 5.57. The molecule has 1 N–H and O–H groups in total. The maximum atomic E-state index is 5.50. The molecule has 3 rings (SSSR count). The second-order valence-electron chi connectivity index (χ2n) is 4.56. The molecule has 0 spiro atoms. The van der Waals surface area contributed by atoms with Gasteiger partial charge in [-0.3, -0.25) is 0 Å². The number of ether oxygens (including phenoxy) is 2. The Hall–Kier alpha value is -1.59. The second kappa shape index (κ2) is 5.19. The number of aryl methyl sites for hydroxylation is 1. The van der Waals surface area contributed by atoms with Crippen molar-refractivity contribution in [3.8, 4) is 11.5 Å². The Balaban J connectivity index is 1.70. The van der Waals surface area contributed by atoms with Crippen molar-refractivity contribution in [2.45, 2.75) is 26.4 Å². The Kier molecular flexibility index (Phi) is 3.40. The largest absolute Gasteiger partial charge is 0.454 e. The Labute approximate surface area is 116 Å². The van der Waals surface area contributed by atoms with Gasteiger partial charge in [-0.1, -0.05) is 12.1 Å². The van der Waals surface area contributed by atoms with Crippen LogP contribution in [0.2, 0.25) is 0 Å². The van der Waals surface area contributed by atoms with Crippen molar-refractivity contribution in [3.05, 3.63) is 39.8 Å². The quantitative estimate of drug-likeness (QED) is 0.932. The zero-order valence-electron chi connectivity index (χ0n) is 11.0. The summed E-state index contributed by atoms with van der Waals surface area (Å²) in [7, 11) is 0. The van der Waals surface area contributed by atoms with E-state index in [1.807, 2.05) is 24.6 Å². The number of hydrogen-bond donors (Lipinski definition) is 1. The predicted octanol–water partition coefficient (Wildman–Crippen LogP) is 3.03. The lowest BCUT2D eigenvalue weighted by molar-refractivity contribution is 0.173. The van der Waals surface area contributed by atoms with Gasteiger partial charge in [0.05, 0.1) is 11.2 Å². The van der Waals surface area contributed by atoms with Gasteiger partial charge < -0.3 is 14.8 Å². The lowest BCUT2D eigenvalue weighted by Gasteiger charge is -2.14. The number of hydrogen-bond acceptors (Lipinski definition) is 5. The van der Waals surface area contributed by atoms with Gasteiger partial charge in [0.1, 0.15) is 0 Å². The third-order valence-corrected chi connectivity index (χ3v) is 4.37. The van der Waals surface area contributed by atoms with E-state index in [0.29, 0.717) is 6.79 Å². The number of nitrogens with zero attached hydrogens (tertiary/aromatic N) is 1. The highest BCUT2D eigenvalue weighted by molar-refractivity contribution is 7.09. The fraction of sp³-hybridized carbons (Fsp3) is 0.357. The molecule has 4 nitrogen and oxygen atoms in total. The van der Waals surface area contributed by atoms with Crippen LogP contribution in [0, 0.1) is 6.92 Å². The molecule has 1 aromatic heterocycles. The summed E-state index contributed by atoms with van der Waals surface area (Å²) in [6.45, 7) is 5.27. The number of nitrogens with one attached hydrogen (secondary N) is 1. The normalized spacial score (nSPS) is 14.6. The standard InChI is InChI=1S/C14H16N2O2S/c1-9(14-10(2)16-7-19-14)15-6-11-4-3-5-12-13(11)18-8-17-12/h3-5,7,9,15H,6,8H2,1-2H3. The molecule has 1 atom stereocenters. The van der Waals surface area contributed by atoms with Crippen LogP contribution in [0.5, 0.6) is 11.5 Å². The van der Waals surface area contributed by atoms with E-state index in [0.717, 1.165) is 29.3 Å². The lowest BCUT2D eigenvalue weighted by atomic mass is 10.1. The van der Waals surface area contributed by atoms with E-state index in [1.54, 1.807) is 11.3 Å². The van der Waals surface area contributed by atoms with Crippen LogP contribution in [0.25, 0.3) is 0 Å². The van der Waals surface area contributed by atoms with E-state index >= 15 is 0 Å². The van der Waals surface area contributed by atoms with Crippen molar-refractivity contribution in [3.63, 3.8) is 0 Å². The summed E-state index contributed by atoms with van der Waals surface area (Å²) in [5, 5.41) is 3.51. The Morgan fingerprint density at radius 1 is 1.42 bits per heavy atom. The van der Waals surface area contributed by atoms with Crippen LogP contribution in [0.15, 0.2) is 23.7 Å². The Morgan fingerprint density at radius 3 is 3.11 bits per heavy atom. The molecule has 0 amide bonds. The smallest absolute Gasteiger partial charge is 0.231 e. The SMILES string of the molecule is Cc1ncsc1C(C)NCc1cccc2c1OCO2. The molecule has 1 aromatic carbocycles. The fourth-order valence-corrected chi connectivity index (χ4v) is 3.05. The van der Waals surface area contributed by atoms with Crippen molar-refractivity contribution in [2.75, 3.05) is 6.79 Å². The maximum Gasteiger partial charge on any atom is 0.231 e. The van der Waals surface area contributed by atoms with Crippen LogP contribution in [-0.4, -0.2) is 11.8 Å². The first-order valence-corrected chi connectivity index (χ1v) is 7.14. The van der Waals surface area contributed by atoms with Crippen LogP contribution in [0.4, 0.5) is 0 Å². The van der Waals surface area contributed by atoms with Crippen molar-refractivity contribution in [1.82, 2.24) is 10.3 Å². The van der Waals surface area contributed by atoms with Crippen molar-refractivity contribution in [2.24, 2.45) is 0 Å². The van der Waals surface area contributed by atoms with Crippen LogP contribution >= 0.6 is 11.3 Å². The van der Waals surface area contributed by atoms with E-state index in [2.05, 4.69) is 23.3 Å². The molecule has 0 aliphatic carbocycles. The van der Waals surface area contributed by atoms with Gasteiger partial charge in [0.15, 0.2) is 11.5 Å². The molecule has 5 heteroatoms.